The predicted molar refractivity (Wildman–Crippen MR) is 85.6 cm³/mol. The first kappa shape index (κ1) is 14.1. The number of nitrogens with one attached hydrogen (secondary N) is 2. The zero-order valence-electron chi connectivity index (χ0n) is 12.9. The lowest BCUT2D eigenvalue weighted by Gasteiger charge is -2.30. The summed E-state index contributed by atoms with van der Waals surface area (Å²) in [5, 5.41) is 10.9. The van der Waals surface area contributed by atoms with E-state index in [1.165, 1.54) is 5.56 Å². The Kier molecular flexibility index (Phi) is 3.92. The summed E-state index contributed by atoms with van der Waals surface area (Å²) in [6, 6.07) is 9.02. The van der Waals surface area contributed by atoms with Crippen LogP contribution < -0.4 is 10.2 Å². The van der Waals surface area contributed by atoms with Crippen LogP contribution in [0.5, 0.6) is 0 Å². The van der Waals surface area contributed by atoms with Gasteiger partial charge >= 0.3 is 0 Å². The van der Waals surface area contributed by atoms with Crippen molar-refractivity contribution in [3.05, 3.63) is 29.8 Å². The smallest absolute Gasteiger partial charge is 0.245 e. The van der Waals surface area contributed by atoms with Gasteiger partial charge in [-0.05, 0) is 18.4 Å². The van der Waals surface area contributed by atoms with Crippen LogP contribution in [0.3, 0.4) is 0 Å². The van der Waals surface area contributed by atoms with Gasteiger partial charge in [-0.1, -0.05) is 38.1 Å². The second-order valence-corrected chi connectivity index (χ2v) is 6.06. The lowest BCUT2D eigenvalue weighted by Crippen LogP contribution is -2.49. The van der Waals surface area contributed by atoms with Crippen molar-refractivity contribution in [3.63, 3.8) is 0 Å². The minimum atomic E-state index is 0.478. The first-order valence-corrected chi connectivity index (χ1v) is 7.64. The molecule has 1 aromatic carbocycles. The third-order valence-electron chi connectivity index (χ3n) is 3.98. The Hall–Kier alpha value is -1.88. The summed E-state index contributed by atoms with van der Waals surface area (Å²) >= 11 is 0. The second kappa shape index (κ2) is 5.85. The maximum atomic E-state index is 4.64. The van der Waals surface area contributed by atoms with Crippen molar-refractivity contribution in [2.75, 3.05) is 24.5 Å². The number of piperazine rings is 1. The highest BCUT2D eigenvalue weighted by Crippen LogP contribution is 2.21. The summed E-state index contributed by atoms with van der Waals surface area (Å²) in [5.41, 5.74) is 2.43. The molecule has 2 aromatic rings. The molecule has 2 N–H and O–H groups in total. The number of anilines is 1. The number of hydrogen-bond donors (Lipinski definition) is 2. The van der Waals surface area contributed by atoms with E-state index in [-0.39, 0.29) is 0 Å². The van der Waals surface area contributed by atoms with Crippen molar-refractivity contribution in [1.29, 1.82) is 0 Å². The van der Waals surface area contributed by atoms with E-state index >= 15 is 0 Å². The number of aromatic amines is 1. The molecule has 0 aliphatic carbocycles. The van der Waals surface area contributed by atoms with Crippen LogP contribution >= 0.6 is 0 Å². The maximum absolute atomic E-state index is 4.64. The average Bonchev–Trinajstić information content (AvgIpc) is 2.97. The Morgan fingerprint density at radius 3 is 2.67 bits per heavy atom. The van der Waals surface area contributed by atoms with Gasteiger partial charge in [0.15, 0.2) is 5.82 Å². The van der Waals surface area contributed by atoms with Crippen molar-refractivity contribution in [3.8, 4) is 11.4 Å². The third kappa shape index (κ3) is 3.08. The van der Waals surface area contributed by atoms with Gasteiger partial charge in [0.25, 0.3) is 0 Å². The van der Waals surface area contributed by atoms with E-state index in [9.17, 15) is 0 Å². The van der Waals surface area contributed by atoms with Crippen LogP contribution in [-0.2, 0) is 0 Å². The van der Waals surface area contributed by atoms with Crippen LogP contribution in [0.4, 0.5) is 5.95 Å². The molecule has 1 saturated heterocycles. The minimum Gasteiger partial charge on any atom is -0.337 e. The van der Waals surface area contributed by atoms with Gasteiger partial charge in [0.2, 0.25) is 5.95 Å². The van der Waals surface area contributed by atoms with E-state index in [4.69, 9.17) is 0 Å². The van der Waals surface area contributed by atoms with E-state index in [0.717, 1.165) is 37.0 Å². The highest BCUT2D eigenvalue weighted by molar-refractivity contribution is 5.57. The van der Waals surface area contributed by atoms with Crippen molar-refractivity contribution < 1.29 is 0 Å². The Morgan fingerprint density at radius 2 is 2.00 bits per heavy atom. The minimum absolute atomic E-state index is 0.478. The van der Waals surface area contributed by atoms with E-state index < -0.39 is 0 Å². The largest absolute Gasteiger partial charge is 0.337 e. The van der Waals surface area contributed by atoms with Crippen molar-refractivity contribution in [2.24, 2.45) is 0 Å². The monoisotopic (exact) mass is 285 g/mol. The van der Waals surface area contributed by atoms with Crippen molar-refractivity contribution >= 4 is 5.95 Å². The molecule has 1 fully saturated rings. The fourth-order valence-corrected chi connectivity index (χ4v) is 2.66. The quantitative estimate of drug-likeness (QED) is 0.909. The average molecular weight is 285 g/mol. The molecule has 3 rings (SSSR count). The molecule has 2 heterocycles. The van der Waals surface area contributed by atoms with E-state index in [2.05, 4.69) is 70.4 Å². The molecule has 0 saturated carbocycles. The molecular weight excluding hydrogens is 262 g/mol. The number of nitrogens with zero attached hydrogens (tertiary/aromatic N) is 3. The summed E-state index contributed by atoms with van der Waals surface area (Å²) in [7, 11) is 0. The van der Waals surface area contributed by atoms with Crippen molar-refractivity contribution in [1.82, 2.24) is 20.5 Å². The number of rotatable bonds is 3. The van der Waals surface area contributed by atoms with Crippen LogP contribution in [0.25, 0.3) is 11.4 Å². The summed E-state index contributed by atoms with van der Waals surface area (Å²) in [5.74, 6) is 2.18. The summed E-state index contributed by atoms with van der Waals surface area (Å²) < 4.78 is 0. The Balaban J connectivity index is 1.78. The molecule has 1 aliphatic rings. The normalized spacial score (nSPS) is 19.2. The molecule has 21 heavy (non-hydrogen) atoms. The van der Waals surface area contributed by atoms with Crippen LogP contribution in [0, 0.1) is 0 Å². The second-order valence-electron chi connectivity index (χ2n) is 6.06. The first-order valence-electron chi connectivity index (χ1n) is 7.64. The number of H-pyrrole nitrogens is 1. The van der Waals surface area contributed by atoms with Gasteiger partial charge in [-0.3, -0.25) is 5.10 Å². The van der Waals surface area contributed by atoms with Crippen LogP contribution in [-0.4, -0.2) is 40.9 Å². The van der Waals surface area contributed by atoms with Gasteiger partial charge < -0.3 is 10.2 Å². The molecule has 5 heteroatoms. The molecule has 5 nitrogen and oxygen atoms in total. The standard InChI is InChI=1S/C16H23N5/c1-11(2)13-4-6-14(7-5-13)15-18-16(20-19-15)21-9-8-17-12(3)10-21/h4-7,11-12,17H,8-10H2,1-3H3,(H,18,19,20)/t12-/m1/s1. The SMILES string of the molecule is CC(C)c1ccc(-c2nc(N3CCN[C@H](C)C3)n[nH]2)cc1. The summed E-state index contributed by atoms with van der Waals surface area (Å²) in [4.78, 5) is 6.87. The molecule has 0 amide bonds. The Bertz CT molecular complexity index is 587. The highest BCUT2D eigenvalue weighted by Gasteiger charge is 2.19. The highest BCUT2D eigenvalue weighted by atomic mass is 15.4. The number of hydrogen-bond acceptors (Lipinski definition) is 4. The van der Waals surface area contributed by atoms with E-state index in [1.807, 2.05) is 0 Å². The molecule has 0 unspecified atom stereocenters. The van der Waals surface area contributed by atoms with Crippen molar-refractivity contribution in [2.45, 2.75) is 32.7 Å². The lowest BCUT2D eigenvalue weighted by atomic mass is 10.0. The maximum Gasteiger partial charge on any atom is 0.245 e. The first-order chi connectivity index (χ1) is 10.1. The van der Waals surface area contributed by atoms with Gasteiger partial charge in [-0.2, -0.15) is 4.98 Å². The fraction of sp³-hybridized carbons (Fsp3) is 0.500. The van der Waals surface area contributed by atoms with Gasteiger partial charge in [-0.25, -0.2) is 0 Å². The predicted octanol–water partition coefficient (Wildman–Crippen LogP) is 2.39. The molecule has 0 bridgehead atoms. The van der Waals surface area contributed by atoms with Gasteiger partial charge in [-0.15, -0.1) is 5.10 Å². The molecule has 1 aliphatic heterocycles. The zero-order valence-corrected chi connectivity index (χ0v) is 12.9. The third-order valence-corrected chi connectivity index (χ3v) is 3.98. The van der Waals surface area contributed by atoms with Crippen LogP contribution in [0.1, 0.15) is 32.3 Å². The molecule has 1 aromatic heterocycles. The number of aromatic nitrogens is 3. The lowest BCUT2D eigenvalue weighted by molar-refractivity contribution is 0.480. The van der Waals surface area contributed by atoms with Gasteiger partial charge in [0.05, 0.1) is 0 Å². The van der Waals surface area contributed by atoms with Gasteiger partial charge in [0.1, 0.15) is 0 Å². The molecule has 112 valence electrons. The van der Waals surface area contributed by atoms with Crippen LogP contribution in [0.15, 0.2) is 24.3 Å². The molecular formula is C16H23N5. The topological polar surface area (TPSA) is 56.8 Å². The fourth-order valence-electron chi connectivity index (χ4n) is 2.66. The number of benzene rings is 1. The molecule has 1 atom stereocenters. The van der Waals surface area contributed by atoms with E-state index in [0.29, 0.717) is 12.0 Å². The van der Waals surface area contributed by atoms with Gasteiger partial charge in [0, 0.05) is 31.2 Å². The summed E-state index contributed by atoms with van der Waals surface area (Å²) in [6.07, 6.45) is 0. The Morgan fingerprint density at radius 1 is 1.24 bits per heavy atom. The Labute approximate surface area is 125 Å². The summed E-state index contributed by atoms with van der Waals surface area (Å²) in [6.45, 7) is 9.47. The zero-order chi connectivity index (χ0) is 14.8. The van der Waals surface area contributed by atoms with Crippen LogP contribution in [0.2, 0.25) is 0 Å². The van der Waals surface area contributed by atoms with E-state index in [1.54, 1.807) is 0 Å². The molecule has 0 radical (unpaired) electrons. The molecule has 0 spiro atoms.